The Kier molecular flexibility index (Phi) is 5.19. The molecule has 2 aromatic rings. The van der Waals surface area contributed by atoms with Crippen molar-refractivity contribution in [3.05, 3.63) is 59.5 Å². The Labute approximate surface area is 114 Å². The molecule has 3 nitrogen and oxygen atoms in total. The monoisotopic (exact) mass is 259 g/mol. The molecule has 0 aliphatic heterocycles. The molecule has 102 valence electrons. The molecule has 0 amide bonds. The molecule has 0 aliphatic rings. The highest BCUT2D eigenvalue weighted by molar-refractivity contribution is 5.32. The smallest absolute Gasteiger partial charge is 0.0953 e. The minimum Gasteiger partial charge on any atom is -0.472 e. The lowest BCUT2D eigenvalue weighted by molar-refractivity contribution is 0.202. The predicted molar refractivity (Wildman–Crippen MR) is 76.2 cm³/mol. The van der Waals surface area contributed by atoms with Gasteiger partial charge in [-0.05, 0) is 30.2 Å². The first kappa shape index (κ1) is 13.8. The topological polar surface area (TPSA) is 34.4 Å². The second-order valence-electron chi connectivity index (χ2n) is 4.53. The van der Waals surface area contributed by atoms with E-state index in [4.69, 9.17) is 9.15 Å². The standard InChI is InChI=1S/C16H21NO2/c1-3-17-16(15-9-11-19-12-15)14-6-4-13(5-7-14)8-10-18-2/h4-7,9,11-12,16-17H,3,8,10H2,1-2H3. The van der Waals surface area contributed by atoms with Crippen molar-refractivity contribution in [1.29, 1.82) is 0 Å². The van der Waals surface area contributed by atoms with Crippen LogP contribution in [0.1, 0.15) is 29.7 Å². The fraction of sp³-hybridized carbons (Fsp3) is 0.375. The lowest BCUT2D eigenvalue weighted by Crippen LogP contribution is -2.21. The van der Waals surface area contributed by atoms with E-state index >= 15 is 0 Å². The van der Waals surface area contributed by atoms with E-state index < -0.39 is 0 Å². The van der Waals surface area contributed by atoms with Crippen LogP contribution in [0.15, 0.2) is 47.3 Å². The van der Waals surface area contributed by atoms with Crippen LogP contribution in [0.25, 0.3) is 0 Å². The largest absolute Gasteiger partial charge is 0.472 e. The quantitative estimate of drug-likeness (QED) is 0.829. The second-order valence-corrected chi connectivity index (χ2v) is 4.53. The number of methoxy groups -OCH3 is 1. The van der Waals surface area contributed by atoms with Gasteiger partial charge in [0.1, 0.15) is 0 Å². The first-order chi connectivity index (χ1) is 9.35. The van der Waals surface area contributed by atoms with Gasteiger partial charge in [0, 0.05) is 12.7 Å². The van der Waals surface area contributed by atoms with Gasteiger partial charge in [0.05, 0.1) is 25.2 Å². The van der Waals surface area contributed by atoms with Crippen molar-refractivity contribution < 1.29 is 9.15 Å². The van der Waals surface area contributed by atoms with Crippen molar-refractivity contribution >= 4 is 0 Å². The SMILES string of the molecule is CCNC(c1ccc(CCOC)cc1)c1ccoc1. The molecule has 1 aromatic carbocycles. The molecule has 0 saturated heterocycles. The molecule has 2 rings (SSSR count). The molecule has 0 radical (unpaired) electrons. The summed E-state index contributed by atoms with van der Waals surface area (Å²) in [6, 6.07) is 10.9. The molecular weight excluding hydrogens is 238 g/mol. The zero-order valence-corrected chi connectivity index (χ0v) is 11.6. The Bertz CT molecular complexity index is 462. The Morgan fingerprint density at radius 3 is 2.53 bits per heavy atom. The van der Waals surface area contributed by atoms with Crippen LogP contribution >= 0.6 is 0 Å². The molecule has 1 atom stereocenters. The van der Waals surface area contributed by atoms with Gasteiger partial charge in [-0.25, -0.2) is 0 Å². The summed E-state index contributed by atoms with van der Waals surface area (Å²) < 4.78 is 10.3. The molecule has 0 spiro atoms. The van der Waals surface area contributed by atoms with E-state index in [1.807, 2.05) is 6.07 Å². The second kappa shape index (κ2) is 7.12. The predicted octanol–water partition coefficient (Wildman–Crippen LogP) is 3.17. The Morgan fingerprint density at radius 2 is 1.95 bits per heavy atom. The highest BCUT2D eigenvalue weighted by atomic mass is 16.5. The minimum absolute atomic E-state index is 0.195. The van der Waals surface area contributed by atoms with E-state index in [-0.39, 0.29) is 6.04 Å². The van der Waals surface area contributed by atoms with Gasteiger partial charge in [0.2, 0.25) is 0 Å². The molecule has 3 heteroatoms. The molecule has 0 fully saturated rings. The van der Waals surface area contributed by atoms with Crippen molar-refractivity contribution in [2.45, 2.75) is 19.4 Å². The van der Waals surface area contributed by atoms with E-state index in [0.717, 1.165) is 25.1 Å². The maximum absolute atomic E-state index is 5.18. The highest BCUT2D eigenvalue weighted by Crippen LogP contribution is 2.22. The van der Waals surface area contributed by atoms with Gasteiger partial charge >= 0.3 is 0 Å². The van der Waals surface area contributed by atoms with E-state index in [1.54, 1.807) is 19.6 Å². The normalized spacial score (nSPS) is 12.5. The first-order valence-corrected chi connectivity index (χ1v) is 6.68. The van der Waals surface area contributed by atoms with Crippen molar-refractivity contribution in [3.8, 4) is 0 Å². The number of hydrogen-bond acceptors (Lipinski definition) is 3. The summed E-state index contributed by atoms with van der Waals surface area (Å²) in [5.74, 6) is 0. The average molecular weight is 259 g/mol. The molecule has 0 saturated carbocycles. The van der Waals surface area contributed by atoms with Gasteiger partial charge in [-0.3, -0.25) is 0 Å². The van der Waals surface area contributed by atoms with Crippen LogP contribution in [0.3, 0.4) is 0 Å². The molecule has 0 bridgehead atoms. The van der Waals surface area contributed by atoms with Crippen LogP contribution in [0, 0.1) is 0 Å². The third-order valence-corrected chi connectivity index (χ3v) is 3.19. The summed E-state index contributed by atoms with van der Waals surface area (Å²) in [5.41, 5.74) is 3.71. The summed E-state index contributed by atoms with van der Waals surface area (Å²) in [7, 11) is 1.73. The summed E-state index contributed by atoms with van der Waals surface area (Å²) >= 11 is 0. The third-order valence-electron chi connectivity index (χ3n) is 3.19. The number of hydrogen-bond donors (Lipinski definition) is 1. The Balaban J connectivity index is 2.13. The lowest BCUT2D eigenvalue weighted by atomic mass is 9.99. The summed E-state index contributed by atoms with van der Waals surface area (Å²) in [6.45, 7) is 3.79. The summed E-state index contributed by atoms with van der Waals surface area (Å²) in [5, 5.41) is 3.48. The van der Waals surface area contributed by atoms with Gasteiger partial charge in [0.15, 0.2) is 0 Å². The van der Waals surface area contributed by atoms with Gasteiger partial charge in [-0.15, -0.1) is 0 Å². The fourth-order valence-corrected chi connectivity index (χ4v) is 2.17. The van der Waals surface area contributed by atoms with Crippen LogP contribution in [0.2, 0.25) is 0 Å². The van der Waals surface area contributed by atoms with Crippen LogP contribution in [-0.2, 0) is 11.2 Å². The minimum atomic E-state index is 0.195. The first-order valence-electron chi connectivity index (χ1n) is 6.68. The fourth-order valence-electron chi connectivity index (χ4n) is 2.17. The van der Waals surface area contributed by atoms with Crippen molar-refractivity contribution in [2.24, 2.45) is 0 Å². The maximum atomic E-state index is 5.18. The zero-order chi connectivity index (χ0) is 13.5. The molecule has 19 heavy (non-hydrogen) atoms. The van der Waals surface area contributed by atoms with Crippen molar-refractivity contribution in [1.82, 2.24) is 5.32 Å². The highest BCUT2D eigenvalue weighted by Gasteiger charge is 2.13. The van der Waals surface area contributed by atoms with Gasteiger partial charge in [-0.1, -0.05) is 31.2 Å². The number of furan rings is 1. The van der Waals surface area contributed by atoms with Crippen molar-refractivity contribution in [3.63, 3.8) is 0 Å². The number of rotatable bonds is 7. The number of ether oxygens (including phenoxy) is 1. The Hall–Kier alpha value is -1.58. The zero-order valence-electron chi connectivity index (χ0n) is 11.6. The average Bonchev–Trinajstić information content (AvgIpc) is 2.97. The van der Waals surface area contributed by atoms with E-state index in [0.29, 0.717) is 0 Å². The molecular formula is C16H21NO2. The van der Waals surface area contributed by atoms with E-state index in [9.17, 15) is 0 Å². The van der Waals surface area contributed by atoms with Crippen LogP contribution < -0.4 is 5.32 Å². The van der Waals surface area contributed by atoms with Gasteiger partial charge < -0.3 is 14.5 Å². The molecule has 1 unspecified atom stereocenters. The maximum Gasteiger partial charge on any atom is 0.0953 e. The molecule has 1 heterocycles. The Morgan fingerprint density at radius 1 is 1.16 bits per heavy atom. The third kappa shape index (κ3) is 3.69. The van der Waals surface area contributed by atoms with Crippen LogP contribution in [0.4, 0.5) is 0 Å². The van der Waals surface area contributed by atoms with Crippen LogP contribution in [-0.4, -0.2) is 20.3 Å². The molecule has 1 N–H and O–H groups in total. The lowest BCUT2D eigenvalue weighted by Gasteiger charge is -2.17. The number of nitrogens with one attached hydrogen (secondary N) is 1. The van der Waals surface area contributed by atoms with E-state index in [1.165, 1.54) is 11.1 Å². The molecule has 1 aromatic heterocycles. The van der Waals surface area contributed by atoms with Gasteiger partial charge in [-0.2, -0.15) is 0 Å². The number of benzene rings is 1. The molecule has 0 aliphatic carbocycles. The van der Waals surface area contributed by atoms with Crippen molar-refractivity contribution in [2.75, 3.05) is 20.3 Å². The summed E-state index contributed by atoms with van der Waals surface area (Å²) in [6.07, 6.45) is 4.47. The van der Waals surface area contributed by atoms with Crippen LogP contribution in [0.5, 0.6) is 0 Å². The van der Waals surface area contributed by atoms with E-state index in [2.05, 4.69) is 36.5 Å². The summed E-state index contributed by atoms with van der Waals surface area (Å²) in [4.78, 5) is 0. The van der Waals surface area contributed by atoms with Gasteiger partial charge in [0.25, 0.3) is 0 Å².